The fourth-order valence-corrected chi connectivity index (χ4v) is 0.755. The van der Waals surface area contributed by atoms with Gasteiger partial charge in [0.25, 0.3) is 0 Å². The van der Waals surface area contributed by atoms with Crippen molar-refractivity contribution in [1.82, 2.24) is 5.32 Å². The molecule has 1 unspecified atom stereocenters. The number of nitrogens with one attached hydrogen (secondary N) is 1. The number of carboxylic acids is 2. The Morgan fingerprint density at radius 3 is 2.00 bits per heavy atom. The third kappa shape index (κ3) is 25.2. The molecule has 17 heavy (non-hydrogen) atoms. The van der Waals surface area contributed by atoms with Crippen LogP contribution in [0.25, 0.3) is 0 Å². The van der Waals surface area contributed by atoms with Crippen LogP contribution in [-0.2, 0) is 9.59 Å². The minimum absolute atomic E-state index is 0.207. The maximum atomic E-state index is 9.55. The average molecular weight is 247 g/mol. The summed E-state index contributed by atoms with van der Waals surface area (Å²) in [5, 5.41) is 27.5. The molecule has 0 aromatic rings. The highest BCUT2D eigenvalue weighted by Gasteiger charge is 1.91. The van der Waals surface area contributed by atoms with Crippen molar-refractivity contribution >= 4 is 11.9 Å². The fraction of sp³-hybridized carbons (Fsp3) is 0.636. The number of aliphatic hydroxyl groups excluding tert-OH is 1. The van der Waals surface area contributed by atoms with Gasteiger partial charge in [0.15, 0.2) is 0 Å². The van der Waals surface area contributed by atoms with Crippen LogP contribution < -0.4 is 5.32 Å². The number of aliphatic carboxylic acids is 2. The van der Waals surface area contributed by atoms with Gasteiger partial charge in [0, 0.05) is 18.7 Å². The van der Waals surface area contributed by atoms with Gasteiger partial charge in [-0.2, -0.15) is 0 Å². The van der Waals surface area contributed by atoms with E-state index in [2.05, 4.69) is 12.2 Å². The topological polar surface area (TPSA) is 107 Å². The first kappa shape index (κ1) is 18.0. The third-order valence-electron chi connectivity index (χ3n) is 1.52. The van der Waals surface area contributed by atoms with Crippen LogP contribution in [-0.4, -0.2) is 46.5 Å². The van der Waals surface area contributed by atoms with Crippen LogP contribution in [0.3, 0.4) is 0 Å². The summed E-state index contributed by atoms with van der Waals surface area (Å²) in [6, 6.07) is 0. The van der Waals surface area contributed by atoms with E-state index in [-0.39, 0.29) is 6.10 Å². The molecule has 0 aliphatic rings. The number of hydrogen-bond acceptors (Lipinski definition) is 4. The summed E-state index contributed by atoms with van der Waals surface area (Å²) >= 11 is 0. The van der Waals surface area contributed by atoms with Crippen LogP contribution in [0, 0.1) is 0 Å². The van der Waals surface area contributed by atoms with E-state index in [1.54, 1.807) is 6.92 Å². The molecule has 4 N–H and O–H groups in total. The van der Waals surface area contributed by atoms with Crippen molar-refractivity contribution in [3.05, 3.63) is 12.2 Å². The number of unbranched alkanes of at least 4 members (excludes halogenated alkanes) is 1. The minimum Gasteiger partial charge on any atom is -0.478 e. The van der Waals surface area contributed by atoms with Crippen molar-refractivity contribution in [2.75, 3.05) is 13.1 Å². The van der Waals surface area contributed by atoms with Gasteiger partial charge >= 0.3 is 11.9 Å². The zero-order valence-corrected chi connectivity index (χ0v) is 10.2. The summed E-state index contributed by atoms with van der Waals surface area (Å²) in [5.74, 6) is -2.51. The van der Waals surface area contributed by atoms with Gasteiger partial charge in [-0.15, -0.1) is 0 Å². The highest BCUT2D eigenvalue weighted by atomic mass is 16.4. The normalized spacial score (nSPS) is 11.7. The van der Waals surface area contributed by atoms with Gasteiger partial charge in [0.05, 0.1) is 6.10 Å². The van der Waals surface area contributed by atoms with E-state index in [9.17, 15) is 9.59 Å². The van der Waals surface area contributed by atoms with Crippen LogP contribution in [0.2, 0.25) is 0 Å². The second kappa shape index (κ2) is 12.7. The molecule has 0 aliphatic carbocycles. The fourth-order valence-electron chi connectivity index (χ4n) is 0.755. The lowest BCUT2D eigenvalue weighted by atomic mass is 10.3. The molecule has 0 saturated carbocycles. The Labute approximate surface area is 101 Å². The minimum atomic E-state index is -1.26. The molecule has 6 heteroatoms. The molecule has 0 aliphatic heterocycles. The third-order valence-corrected chi connectivity index (χ3v) is 1.52. The standard InChI is InChI=1S/C7H17NO.C4H4O4/c1-3-4-5-8-6-7(2)9;5-3(6)1-2-4(7)8/h7-9H,3-6H2,1-2H3;1-2H,(H,5,6)(H,7,8)/b;2-1+. The van der Waals surface area contributed by atoms with Crippen LogP contribution in [0.15, 0.2) is 12.2 Å². The monoisotopic (exact) mass is 247 g/mol. The largest absolute Gasteiger partial charge is 0.478 e. The van der Waals surface area contributed by atoms with E-state index in [4.69, 9.17) is 15.3 Å². The summed E-state index contributed by atoms with van der Waals surface area (Å²) < 4.78 is 0. The quantitative estimate of drug-likeness (QED) is 0.385. The molecule has 0 radical (unpaired) electrons. The molecule has 0 fully saturated rings. The van der Waals surface area contributed by atoms with Gasteiger partial charge in [-0.05, 0) is 19.9 Å². The molecule has 0 heterocycles. The van der Waals surface area contributed by atoms with Gasteiger partial charge in [-0.25, -0.2) is 9.59 Å². The van der Waals surface area contributed by atoms with Crippen molar-refractivity contribution in [2.24, 2.45) is 0 Å². The average Bonchev–Trinajstić information content (AvgIpc) is 2.22. The lowest BCUT2D eigenvalue weighted by Crippen LogP contribution is -2.25. The summed E-state index contributed by atoms with van der Waals surface area (Å²) in [7, 11) is 0. The number of aliphatic hydroxyl groups is 1. The van der Waals surface area contributed by atoms with Crippen molar-refractivity contribution < 1.29 is 24.9 Å². The molecule has 6 nitrogen and oxygen atoms in total. The molecular weight excluding hydrogens is 226 g/mol. The number of hydrogen-bond donors (Lipinski definition) is 4. The summed E-state index contributed by atoms with van der Waals surface area (Å²) in [6.45, 7) is 5.70. The van der Waals surface area contributed by atoms with Crippen molar-refractivity contribution in [2.45, 2.75) is 32.8 Å². The molecular formula is C11H21NO5. The summed E-state index contributed by atoms with van der Waals surface area (Å²) in [6.07, 6.45) is 3.33. The maximum Gasteiger partial charge on any atom is 0.328 e. The molecule has 0 bridgehead atoms. The Hall–Kier alpha value is -1.40. The Kier molecular flexibility index (Phi) is 13.4. The Balaban J connectivity index is 0. The first-order chi connectivity index (χ1) is 7.90. The lowest BCUT2D eigenvalue weighted by Gasteiger charge is -2.04. The van der Waals surface area contributed by atoms with E-state index in [1.165, 1.54) is 12.8 Å². The van der Waals surface area contributed by atoms with E-state index in [0.717, 1.165) is 13.1 Å². The van der Waals surface area contributed by atoms with Gasteiger partial charge in [0.2, 0.25) is 0 Å². The molecule has 0 aromatic carbocycles. The van der Waals surface area contributed by atoms with E-state index in [0.29, 0.717) is 12.2 Å². The van der Waals surface area contributed by atoms with Gasteiger partial charge < -0.3 is 20.6 Å². The van der Waals surface area contributed by atoms with E-state index < -0.39 is 11.9 Å². The summed E-state index contributed by atoms with van der Waals surface area (Å²) in [5.41, 5.74) is 0. The van der Waals surface area contributed by atoms with E-state index in [1.807, 2.05) is 0 Å². The SMILES string of the molecule is CCCCNCC(C)O.O=C(O)/C=C/C(=O)O. The Bertz CT molecular complexity index is 222. The predicted molar refractivity (Wildman–Crippen MR) is 63.9 cm³/mol. The van der Waals surface area contributed by atoms with Gasteiger partial charge in [-0.1, -0.05) is 13.3 Å². The number of rotatable bonds is 7. The second-order valence-electron chi connectivity index (χ2n) is 3.42. The highest BCUT2D eigenvalue weighted by Crippen LogP contribution is 1.82. The van der Waals surface area contributed by atoms with Crippen LogP contribution >= 0.6 is 0 Å². The Morgan fingerprint density at radius 1 is 1.24 bits per heavy atom. The molecule has 0 saturated heterocycles. The smallest absolute Gasteiger partial charge is 0.328 e. The van der Waals surface area contributed by atoms with Gasteiger partial charge in [-0.3, -0.25) is 0 Å². The van der Waals surface area contributed by atoms with Gasteiger partial charge in [0.1, 0.15) is 0 Å². The van der Waals surface area contributed by atoms with Crippen molar-refractivity contribution in [3.63, 3.8) is 0 Å². The van der Waals surface area contributed by atoms with E-state index >= 15 is 0 Å². The molecule has 0 aromatic heterocycles. The highest BCUT2D eigenvalue weighted by molar-refractivity contribution is 5.89. The first-order valence-electron chi connectivity index (χ1n) is 5.42. The number of carbonyl (C=O) groups is 2. The predicted octanol–water partition coefficient (Wildman–Crippen LogP) is 0.469. The maximum absolute atomic E-state index is 9.55. The van der Waals surface area contributed by atoms with Crippen LogP contribution in [0.4, 0.5) is 0 Å². The lowest BCUT2D eigenvalue weighted by molar-refractivity contribution is -0.134. The first-order valence-corrected chi connectivity index (χ1v) is 5.42. The molecule has 100 valence electrons. The zero-order valence-electron chi connectivity index (χ0n) is 10.2. The zero-order chi connectivity index (χ0) is 13.7. The van der Waals surface area contributed by atoms with Crippen molar-refractivity contribution in [1.29, 1.82) is 0 Å². The van der Waals surface area contributed by atoms with Crippen LogP contribution in [0.5, 0.6) is 0 Å². The molecule has 0 spiro atoms. The summed E-state index contributed by atoms with van der Waals surface area (Å²) in [4.78, 5) is 19.1. The number of carboxylic acid groups (broad SMARTS) is 2. The molecule has 0 amide bonds. The Morgan fingerprint density at radius 2 is 1.71 bits per heavy atom. The molecule has 1 atom stereocenters. The van der Waals surface area contributed by atoms with Crippen LogP contribution in [0.1, 0.15) is 26.7 Å². The van der Waals surface area contributed by atoms with Crippen molar-refractivity contribution in [3.8, 4) is 0 Å². The second-order valence-corrected chi connectivity index (χ2v) is 3.42. The molecule has 0 rings (SSSR count).